The maximum absolute atomic E-state index is 12.2. The topological polar surface area (TPSA) is 121 Å². The number of ketones is 1. The standard InChI is InChI=1S/C19H19NO7S/c1-13-3-7-16(8-4-13)28(25,26)10-9-19(22)27-12-18(21)15-6-5-14(2)17(11-15)20(23)24/h3-8,11H,9-10,12H2,1-2H3. The highest BCUT2D eigenvalue weighted by Gasteiger charge is 2.19. The molecule has 0 saturated heterocycles. The quantitative estimate of drug-likeness (QED) is 0.286. The summed E-state index contributed by atoms with van der Waals surface area (Å²) < 4.78 is 29.2. The molecule has 0 N–H and O–H groups in total. The molecule has 9 heteroatoms. The van der Waals surface area contributed by atoms with Crippen LogP contribution in [0.15, 0.2) is 47.4 Å². The van der Waals surface area contributed by atoms with E-state index in [-0.39, 0.29) is 16.1 Å². The van der Waals surface area contributed by atoms with Crippen molar-refractivity contribution in [3.05, 3.63) is 69.3 Å². The van der Waals surface area contributed by atoms with Crippen molar-refractivity contribution in [3.8, 4) is 0 Å². The number of nitro groups is 1. The Bertz CT molecular complexity index is 1010. The number of rotatable bonds is 8. The Labute approximate surface area is 162 Å². The highest BCUT2D eigenvalue weighted by atomic mass is 32.2. The number of sulfone groups is 1. The maximum atomic E-state index is 12.2. The molecule has 0 aromatic heterocycles. The van der Waals surface area contributed by atoms with E-state index in [0.29, 0.717) is 5.56 Å². The van der Waals surface area contributed by atoms with Crippen molar-refractivity contribution in [2.45, 2.75) is 25.2 Å². The van der Waals surface area contributed by atoms with Gasteiger partial charge in [0.05, 0.1) is 22.0 Å². The first-order valence-corrected chi connectivity index (χ1v) is 9.98. The molecule has 0 spiro atoms. The van der Waals surface area contributed by atoms with Gasteiger partial charge in [0.25, 0.3) is 5.69 Å². The number of esters is 1. The lowest BCUT2D eigenvalue weighted by Gasteiger charge is -2.07. The molecule has 0 unspecified atom stereocenters. The second-order valence-corrected chi connectivity index (χ2v) is 8.33. The molecule has 0 aliphatic rings. The summed E-state index contributed by atoms with van der Waals surface area (Å²) in [6.45, 7) is 2.75. The van der Waals surface area contributed by atoms with Gasteiger partial charge in [-0.1, -0.05) is 29.8 Å². The van der Waals surface area contributed by atoms with Crippen LogP contribution in [0.25, 0.3) is 0 Å². The number of carbonyl (C=O) groups is 2. The molecular formula is C19H19NO7S. The fourth-order valence-corrected chi connectivity index (χ4v) is 3.58. The van der Waals surface area contributed by atoms with Crippen molar-refractivity contribution in [2.75, 3.05) is 12.4 Å². The number of nitrogens with zero attached hydrogens (tertiary/aromatic N) is 1. The van der Waals surface area contributed by atoms with Crippen LogP contribution in [-0.4, -0.2) is 37.5 Å². The van der Waals surface area contributed by atoms with Crippen molar-refractivity contribution < 1.29 is 27.7 Å². The van der Waals surface area contributed by atoms with Gasteiger partial charge in [-0.15, -0.1) is 0 Å². The summed E-state index contributed by atoms with van der Waals surface area (Å²) in [5, 5.41) is 10.9. The summed E-state index contributed by atoms with van der Waals surface area (Å²) in [5.41, 5.74) is 1.15. The van der Waals surface area contributed by atoms with Crippen molar-refractivity contribution in [2.24, 2.45) is 0 Å². The molecule has 0 heterocycles. The summed E-state index contributed by atoms with van der Waals surface area (Å²) in [7, 11) is -3.64. The van der Waals surface area contributed by atoms with Crippen molar-refractivity contribution in [3.63, 3.8) is 0 Å². The first kappa shape index (κ1) is 21.2. The number of hydrogen-bond acceptors (Lipinski definition) is 7. The van der Waals surface area contributed by atoms with Gasteiger partial charge in [-0.3, -0.25) is 19.7 Å². The number of Topliss-reactive ketones (excluding diaryl/α,β-unsaturated/α-hetero) is 1. The maximum Gasteiger partial charge on any atom is 0.307 e. The lowest BCUT2D eigenvalue weighted by atomic mass is 10.1. The van der Waals surface area contributed by atoms with Crippen LogP contribution >= 0.6 is 0 Å². The lowest BCUT2D eigenvalue weighted by Crippen LogP contribution is -2.17. The lowest BCUT2D eigenvalue weighted by molar-refractivity contribution is -0.385. The SMILES string of the molecule is Cc1ccc(S(=O)(=O)CCC(=O)OCC(=O)c2ccc(C)c([N+](=O)[O-])c2)cc1. The third-order valence-corrected chi connectivity index (χ3v) is 5.78. The van der Waals surface area contributed by atoms with Gasteiger partial charge in [-0.2, -0.15) is 0 Å². The van der Waals surface area contributed by atoms with E-state index in [0.717, 1.165) is 11.6 Å². The van der Waals surface area contributed by atoms with Gasteiger partial charge in [-0.05, 0) is 26.0 Å². The Morgan fingerprint density at radius 1 is 1.07 bits per heavy atom. The smallest absolute Gasteiger partial charge is 0.307 e. The third kappa shape index (κ3) is 5.46. The Morgan fingerprint density at radius 2 is 1.71 bits per heavy atom. The molecule has 0 bridgehead atoms. The van der Waals surface area contributed by atoms with E-state index in [1.165, 1.54) is 24.3 Å². The van der Waals surface area contributed by atoms with Gasteiger partial charge in [0.2, 0.25) is 5.78 Å². The Kier molecular flexibility index (Phi) is 6.63. The van der Waals surface area contributed by atoms with Gasteiger partial charge < -0.3 is 4.74 Å². The molecule has 28 heavy (non-hydrogen) atoms. The van der Waals surface area contributed by atoms with Gasteiger partial charge in [0.1, 0.15) is 0 Å². The van der Waals surface area contributed by atoms with E-state index in [4.69, 9.17) is 4.74 Å². The fraction of sp³-hybridized carbons (Fsp3) is 0.263. The molecule has 0 saturated carbocycles. The Morgan fingerprint density at radius 3 is 2.32 bits per heavy atom. The van der Waals surface area contributed by atoms with E-state index in [1.54, 1.807) is 19.1 Å². The Hall–Kier alpha value is -3.07. The molecule has 0 aliphatic carbocycles. The summed E-state index contributed by atoms with van der Waals surface area (Å²) in [4.78, 5) is 34.3. The fourth-order valence-electron chi connectivity index (χ4n) is 2.36. The average Bonchev–Trinajstić information content (AvgIpc) is 2.65. The van der Waals surface area contributed by atoms with E-state index < -0.39 is 45.3 Å². The van der Waals surface area contributed by atoms with Crippen LogP contribution in [0.2, 0.25) is 0 Å². The van der Waals surface area contributed by atoms with Gasteiger partial charge in [0, 0.05) is 17.2 Å². The second-order valence-electron chi connectivity index (χ2n) is 6.22. The first-order valence-electron chi connectivity index (χ1n) is 8.33. The second kappa shape index (κ2) is 8.75. The van der Waals surface area contributed by atoms with E-state index in [1.807, 2.05) is 6.92 Å². The molecule has 0 fully saturated rings. The van der Waals surface area contributed by atoms with Crippen LogP contribution in [0.3, 0.4) is 0 Å². The van der Waals surface area contributed by atoms with Crippen molar-refractivity contribution in [1.82, 2.24) is 0 Å². The molecule has 8 nitrogen and oxygen atoms in total. The molecule has 2 rings (SSSR count). The zero-order chi connectivity index (χ0) is 20.9. The van der Waals surface area contributed by atoms with Crippen molar-refractivity contribution in [1.29, 1.82) is 0 Å². The molecule has 0 radical (unpaired) electrons. The number of carbonyl (C=O) groups excluding carboxylic acids is 2. The zero-order valence-corrected chi connectivity index (χ0v) is 16.2. The predicted molar refractivity (Wildman–Crippen MR) is 101 cm³/mol. The summed E-state index contributed by atoms with van der Waals surface area (Å²) in [5.74, 6) is -1.90. The molecule has 0 amide bonds. The molecule has 148 valence electrons. The number of hydrogen-bond donors (Lipinski definition) is 0. The summed E-state index contributed by atoms with van der Waals surface area (Å²) >= 11 is 0. The minimum Gasteiger partial charge on any atom is -0.457 e. The van der Waals surface area contributed by atoms with Gasteiger partial charge >= 0.3 is 5.97 Å². The average molecular weight is 405 g/mol. The summed E-state index contributed by atoms with van der Waals surface area (Å²) in [6, 6.07) is 10.2. The zero-order valence-electron chi connectivity index (χ0n) is 15.4. The highest BCUT2D eigenvalue weighted by molar-refractivity contribution is 7.91. The normalized spacial score (nSPS) is 11.1. The van der Waals surface area contributed by atoms with E-state index in [9.17, 15) is 28.1 Å². The minimum atomic E-state index is -3.64. The van der Waals surface area contributed by atoms with Crippen LogP contribution in [0.5, 0.6) is 0 Å². The van der Waals surface area contributed by atoms with Crippen LogP contribution in [0.1, 0.15) is 27.9 Å². The molecule has 0 aliphatic heterocycles. The molecule has 2 aromatic rings. The predicted octanol–water partition coefficient (Wildman–Crippen LogP) is 2.80. The van der Waals surface area contributed by atoms with Crippen LogP contribution in [-0.2, 0) is 19.4 Å². The molecule has 0 atom stereocenters. The van der Waals surface area contributed by atoms with Crippen LogP contribution < -0.4 is 0 Å². The van der Waals surface area contributed by atoms with Crippen molar-refractivity contribution >= 4 is 27.3 Å². The summed E-state index contributed by atoms with van der Waals surface area (Å²) in [6.07, 6.45) is -0.405. The van der Waals surface area contributed by atoms with Crippen LogP contribution in [0, 0.1) is 24.0 Å². The highest BCUT2D eigenvalue weighted by Crippen LogP contribution is 2.19. The molecule has 2 aromatic carbocycles. The van der Waals surface area contributed by atoms with Crippen LogP contribution in [0.4, 0.5) is 5.69 Å². The molecular weight excluding hydrogens is 386 g/mol. The van der Waals surface area contributed by atoms with E-state index in [2.05, 4.69) is 0 Å². The number of nitro benzene ring substituents is 1. The first-order chi connectivity index (χ1) is 13.1. The monoisotopic (exact) mass is 405 g/mol. The minimum absolute atomic E-state index is 0.0392. The van der Waals surface area contributed by atoms with Gasteiger partial charge in [-0.25, -0.2) is 8.42 Å². The Balaban J connectivity index is 1.92. The number of aryl methyl sites for hydroxylation is 2. The number of benzene rings is 2. The third-order valence-electron chi connectivity index (χ3n) is 4.05. The largest absolute Gasteiger partial charge is 0.457 e. The van der Waals surface area contributed by atoms with E-state index >= 15 is 0 Å². The number of ether oxygens (including phenoxy) is 1. The van der Waals surface area contributed by atoms with Gasteiger partial charge in [0.15, 0.2) is 16.4 Å².